The molecule has 5 heteroatoms. The maximum atomic E-state index is 14.8. The van der Waals surface area contributed by atoms with Crippen molar-refractivity contribution in [3.05, 3.63) is 28.8 Å². The number of hydrogen-bond acceptors (Lipinski definition) is 3. The summed E-state index contributed by atoms with van der Waals surface area (Å²) in [6.07, 6.45) is 2.89. The molecule has 0 N–H and O–H groups in total. The van der Waals surface area contributed by atoms with Gasteiger partial charge in [0.05, 0.1) is 17.6 Å². The van der Waals surface area contributed by atoms with E-state index in [9.17, 15) is 18.4 Å². The molecule has 1 aromatic rings. The molecular formula is C16H19F2NO2. The lowest BCUT2D eigenvalue weighted by atomic mass is 9.82. The Morgan fingerprint density at radius 1 is 1.33 bits per heavy atom. The smallest absolute Gasteiger partial charge is 0.147 e. The zero-order valence-electron chi connectivity index (χ0n) is 12.5. The van der Waals surface area contributed by atoms with E-state index in [1.807, 2.05) is 0 Å². The number of rotatable bonds is 6. The summed E-state index contributed by atoms with van der Waals surface area (Å²) in [5.74, 6) is -1.08. The van der Waals surface area contributed by atoms with E-state index in [2.05, 4.69) is 0 Å². The summed E-state index contributed by atoms with van der Waals surface area (Å²) in [6.45, 7) is 3.03. The lowest BCUT2D eigenvalue weighted by Gasteiger charge is -2.29. The molecular weight excluding hydrogens is 276 g/mol. The van der Waals surface area contributed by atoms with Crippen molar-refractivity contribution in [2.24, 2.45) is 0 Å². The summed E-state index contributed by atoms with van der Waals surface area (Å²) in [5.41, 5.74) is -0.812. The second-order valence-electron chi connectivity index (χ2n) is 6.15. The number of anilines is 1. The molecule has 1 fully saturated rings. The predicted octanol–water partition coefficient (Wildman–Crippen LogP) is 2.95. The number of carbonyl (C=O) groups is 2. The van der Waals surface area contributed by atoms with Gasteiger partial charge in [0.15, 0.2) is 0 Å². The van der Waals surface area contributed by atoms with E-state index >= 15 is 0 Å². The zero-order chi connectivity index (χ0) is 15.8. The van der Waals surface area contributed by atoms with Gasteiger partial charge in [-0.3, -0.25) is 0 Å². The maximum absolute atomic E-state index is 14.8. The van der Waals surface area contributed by atoms with E-state index in [0.717, 1.165) is 12.8 Å². The standard InChI is InChI=1S/C16H19F2NO2/c1-16(2,9-21)13-14(18)11(10-4-5-10)8-12(17)15(13)19(3)6-7-20/h7-10H,4-6H2,1-3H3. The van der Waals surface area contributed by atoms with E-state index in [-0.39, 0.29) is 23.7 Å². The van der Waals surface area contributed by atoms with E-state index in [4.69, 9.17) is 0 Å². The molecule has 2 rings (SSSR count). The Bertz CT molecular complexity index is 580. The molecule has 0 amide bonds. The van der Waals surface area contributed by atoms with Gasteiger partial charge in [-0.1, -0.05) is 0 Å². The first-order chi connectivity index (χ1) is 9.83. The van der Waals surface area contributed by atoms with Gasteiger partial charge in [0, 0.05) is 12.6 Å². The van der Waals surface area contributed by atoms with Crippen molar-refractivity contribution in [3.8, 4) is 0 Å². The van der Waals surface area contributed by atoms with Crippen LogP contribution in [0.4, 0.5) is 14.5 Å². The molecule has 0 saturated heterocycles. The minimum Gasteiger partial charge on any atom is -0.365 e. The average Bonchev–Trinajstić information content (AvgIpc) is 3.24. The lowest BCUT2D eigenvalue weighted by molar-refractivity contribution is -0.111. The summed E-state index contributed by atoms with van der Waals surface area (Å²) in [5, 5.41) is 0. The number of nitrogens with zero attached hydrogens (tertiary/aromatic N) is 1. The molecule has 0 aliphatic heterocycles. The average molecular weight is 295 g/mol. The highest BCUT2D eigenvalue weighted by molar-refractivity contribution is 5.75. The number of carbonyl (C=O) groups excluding carboxylic acids is 2. The Balaban J connectivity index is 2.70. The third-order valence-corrected chi connectivity index (χ3v) is 3.90. The van der Waals surface area contributed by atoms with Crippen LogP contribution in [0.2, 0.25) is 0 Å². The maximum Gasteiger partial charge on any atom is 0.147 e. The minimum absolute atomic E-state index is 0.0129. The van der Waals surface area contributed by atoms with Crippen LogP contribution in [0.1, 0.15) is 43.7 Å². The monoisotopic (exact) mass is 295 g/mol. The highest BCUT2D eigenvalue weighted by Gasteiger charge is 2.36. The van der Waals surface area contributed by atoms with Crippen LogP contribution in [0.15, 0.2) is 6.07 Å². The molecule has 0 radical (unpaired) electrons. The molecule has 0 aromatic heterocycles. The van der Waals surface area contributed by atoms with Crippen LogP contribution < -0.4 is 4.90 Å². The van der Waals surface area contributed by atoms with Crippen molar-refractivity contribution in [1.82, 2.24) is 0 Å². The molecule has 21 heavy (non-hydrogen) atoms. The molecule has 1 aliphatic carbocycles. The van der Waals surface area contributed by atoms with Crippen molar-refractivity contribution < 1.29 is 18.4 Å². The third kappa shape index (κ3) is 2.82. The fourth-order valence-electron chi connectivity index (χ4n) is 2.55. The predicted molar refractivity (Wildman–Crippen MR) is 76.8 cm³/mol. The summed E-state index contributed by atoms with van der Waals surface area (Å²) in [6, 6.07) is 1.20. The van der Waals surface area contributed by atoms with E-state index in [0.29, 0.717) is 18.1 Å². The van der Waals surface area contributed by atoms with Crippen LogP contribution in [-0.2, 0) is 15.0 Å². The van der Waals surface area contributed by atoms with Crippen molar-refractivity contribution >= 4 is 18.3 Å². The topological polar surface area (TPSA) is 37.4 Å². The van der Waals surface area contributed by atoms with Crippen LogP contribution in [0.3, 0.4) is 0 Å². The molecule has 0 bridgehead atoms. The van der Waals surface area contributed by atoms with Crippen LogP contribution in [-0.4, -0.2) is 26.2 Å². The van der Waals surface area contributed by atoms with Crippen LogP contribution in [0, 0.1) is 11.6 Å². The van der Waals surface area contributed by atoms with Crippen molar-refractivity contribution in [3.63, 3.8) is 0 Å². The SMILES string of the molecule is CN(CC=O)c1c(F)cc(C2CC2)c(F)c1C(C)(C)C=O. The fourth-order valence-corrected chi connectivity index (χ4v) is 2.55. The molecule has 1 aliphatic rings. The Kier molecular flexibility index (Phi) is 4.12. The van der Waals surface area contributed by atoms with Gasteiger partial charge in [-0.25, -0.2) is 8.78 Å². The summed E-state index contributed by atoms with van der Waals surface area (Å²) in [4.78, 5) is 23.4. The van der Waals surface area contributed by atoms with E-state index in [1.165, 1.54) is 18.0 Å². The first-order valence-electron chi connectivity index (χ1n) is 6.97. The van der Waals surface area contributed by atoms with E-state index < -0.39 is 17.0 Å². The zero-order valence-corrected chi connectivity index (χ0v) is 12.5. The van der Waals surface area contributed by atoms with Gasteiger partial charge in [0.1, 0.15) is 24.2 Å². The van der Waals surface area contributed by atoms with Gasteiger partial charge in [-0.15, -0.1) is 0 Å². The molecule has 0 heterocycles. The summed E-state index contributed by atoms with van der Waals surface area (Å²) < 4.78 is 29.3. The Labute approximate surface area is 122 Å². The first kappa shape index (κ1) is 15.6. The Hall–Kier alpha value is -1.78. The Morgan fingerprint density at radius 3 is 2.43 bits per heavy atom. The lowest BCUT2D eigenvalue weighted by Crippen LogP contribution is -2.29. The summed E-state index contributed by atoms with van der Waals surface area (Å²) >= 11 is 0. The van der Waals surface area contributed by atoms with Crippen LogP contribution in [0.5, 0.6) is 0 Å². The molecule has 3 nitrogen and oxygen atoms in total. The minimum atomic E-state index is -1.16. The molecule has 0 atom stereocenters. The van der Waals surface area contributed by atoms with Gasteiger partial charge in [-0.05, 0) is 44.2 Å². The normalized spacial score (nSPS) is 14.9. The number of aldehydes is 2. The van der Waals surface area contributed by atoms with Crippen LogP contribution in [0.25, 0.3) is 0 Å². The highest BCUT2D eigenvalue weighted by atomic mass is 19.1. The molecule has 1 saturated carbocycles. The first-order valence-corrected chi connectivity index (χ1v) is 6.97. The number of hydrogen-bond donors (Lipinski definition) is 0. The number of likely N-dealkylation sites (N-methyl/N-ethyl adjacent to an activating group) is 1. The van der Waals surface area contributed by atoms with Gasteiger partial charge in [0.2, 0.25) is 0 Å². The highest BCUT2D eigenvalue weighted by Crippen LogP contribution is 2.46. The van der Waals surface area contributed by atoms with Gasteiger partial charge < -0.3 is 14.5 Å². The van der Waals surface area contributed by atoms with Gasteiger partial charge in [-0.2, -0.15) is 0 Å². The molecule has 0 spiro atoms. The molecule has 114 valence electrons. The second kappa shape index (κ2) is 5.54. The second-order valence-corrected chi connectivity index (χ2v) is 6.15. The van der Waals surface area contributed by atoms with Crippen LogP contribution >= 0.6 is 0 Å². The quantitative estimate of drug-likeness (QED) is 0.757. The van der Waals surface area contributed by atoms with Gasteiger partial charge >= 0.3 is 0 Å². The fraction of sp³-hybridized carbons (Fsp3) is 0.500. The van der Waals surface area contributed by atoms with Crippen molar-refractivity contribution in [2.45, 2.75) is 38.0 Å². The molecule has 0 unspecified atom stereocenters. The van der Waals surface area contributed by atoms with Crippen molar-refractivity contribution in [1.29, 1.82) is 0 Å². The van der Waals surface area contributed by atoms with Crippen molar-refractivity contribution in [2.75, 3.05) is 18.5 Å². The third-order valence-electron chi connectivity index (χ3n) is 3.90. The van der Waals surface area contributed by atoms with Gasteiger partial charge in [0.25, 0.3) is 0 Å². The Morgan fingerprint density at radius 2 is 1.95 bits per heavy atom. The molecule has 1 aromatic carbocycles. The number of benzene rings is 1. The van der Waals surface area contributed by atoms with E-state index in [1.54, 1.807) is 13.8 Å². The summed E-state index contributed by atoms with van der Waals surface area (Å²) in [7, 11) is 1.51. The number of halogens is 2. The largest absolute Gasteiger partial charge is 0.365 e.